The van der Waals surface area contributed by atoms with Gasteiger partial charge in [0.25, 0.3) is 11.5 Å². The third-order valence-electron chi connectivity index (χ3n) is 3.77. The van der Waals surface area contributed by atoms with Crippen LogP contribution in [0.1, 0.15) is 16.8 Å². The molecule has 1 amide bonds. The molecular weight excluding hydrogens is 294 g/mol. The van der Waals surface area contributed by atoms with Gasteiger partial charge in [0, 0.05) is 35.5 Å². The standard InChI is InChI=1S/C17H17N3O3/c1-10(23-2)7-8-18-16(21)12-9-19-15-14(12)11-5-3-4-6-13(11)20-17(15)22/h3-6,9,19H,1,7-8H2,2H3,(H,18,21)(H,20,22). The van der Waals surface area contributed by atoms with Crippen LogP contribution >= 0.6 is 0 Å². The monoisotopic (exact) mass is 311 g/mol. The predicted octanol–water partition coefficient (Wildman–Crippen LogP) is 2.29. The van der Waals surface area contributed by atoms with Crippen LogP contribution in [0.4, 0.5) is 0 Å². The average molecular weight is 311 g/mol. The molecule has 0 spiro atoms. The average Bonchev–Trinajstić information content (AvgIpc) is 3.00. The first-order valence-corrected chi connectivity index (χ1v) is 7.24. The number of benzene rings is 1. The van der Waals surface area contributed by atoms with Gasteiger partial charge in [0.1, 0.15) is 5.52 Å². The summed E-state index contributed by atoms with van der Waals surface area (Å²) in [5, 5.41) is 4.27. The Bertz CT molecular complexity index is 953. The number of aromatic nitrogens is 2. The lowest BCUT2D eigenvalue weighted by Gasteiger charge is -2.07. The van der Waals surface area contributed by atoms with Crippen LogP contribution < -0.4 is 10.9 Å². The van der Waals surface area contributed by atoms with Crippen molar-refractivity contribution >= 4 is 27.7 Å². The topological polar surface area (TPSA) is 87.0 Å². The maximum Gasteiger partial charge on any atom is 0.272 e. The number of hydrogen-bond acceptors (Lipinski definition) is 3. The summed E-state index contributed by atoms with van der Waals surface area (Å²) in [6, 6.07) is 7.41. The van der Waals surface area contributed by atoms with Crippen LogP contribution in [0, 0.1) is 0 Å². The number of H-pyrrole nitrogens is 2. The van der Waals surface area contributed by atoms with Crippen molar-refractivity contribution in [3.8, 4) is 0 Å². The number of para-hydroxylation sites is 1. The summed E-state index contributed by atoms with van der Waals surface area (Å²) in [4.78, 5) is 30.3. The molecule has 0 saturated heterocycles. The van der Waals surface area contributed by atoms with Gasteiger partial charge in [0.05, 0.1) is 18.4 Å². The van der Waals surface area contributed by atoms with Gasteiger partial charge in [-0.2, -0.15) is 0 Å². The van der Waals surface area contributed by atoms with E-state index < -0.39 is 0 Å². The van der Waals surface area contributed by atoms with Gasteiger partial charge in [0.15, 0.2) is 0 Å². The Morgan fingerprint density at radius 1 is 1.35 bits per heavy atom. The zero-order valence-corrected chi connectivity index (χ0v) is 12.7. The summed E-state index contributed by atoms with van der Waals surface area (Å²) in [7, 11) is 1.54. The first-order valence-electron chi connectivity index (χ1n) is 7.24. The van der Waals surface area contributed by atoms with Gasteiger partial charge in [-0.3, -0.25) is 9.59 Å². The summed E-state index contributed by atoms with van der Waals surface area (Å²) in [6.07, 6.45) is 2.10. The Balaban J connectivity index is 2.00. The van der Waals surface area contributed by atoms with Crippen molar-refractivity contribution in [1.82, 2.24) is 15.3 Å². The Labute approximate surface area is 132 Å². The van der Waals surface area contributed by atoms with Crippen molar-refractivity contribution in [3.63, 3.8) is 0 Å². The number of fused-ring (bicyclic) bond motifs is 3. The first-order chi connectivity index (χ1) is 11.1. The summed E-state index contributed by atoms with van der Waals surface area (Å²) in [5.74, 6) is 0.363. The van der Waals surface area contributed by atoms with E-state index in [0.717, 1.165) is 5.39 Å². The molecule has 0 saturated carbocycles. The summed E-state index contributed by atoms with van der Waals surface area (Å²) in [6.45, 7) is 4.13. The molecule has 3 N–H and O–H groups in total. The summed E-state index contributed by atoms with van der Waals surface area (Å²) in [5.41, 5.74) is 1.30. The third-order valence-corrected chi connectivity index (χ3v) is 3.77. The number of amides is 1. The number of hydrogen-bond donors (Lipinski definition) is 3. The Kier molecular flexibility index (Phi) is 3.89. The molecule has 6 heteroatoms. The lowest BCUT2D eigenvalue weighted by molar-refractivity contribution is 0.0954. The molecule has 118 valence electrons. The molecule has 0 bridgehead atoms. The van der Waals surface area contributed by atoms with E-state index >= 15 is 0 Å². The molecule has 0 aliphatic carbocycles. The highest BCUT2D eigenvalue weighted by molar-refractivity contribution is 6.16. The fourth-order valence-corrected chi connectivity index (χ4v) is 2.57. The second-order valence-electron chi connectivity index (χ2n) is 5.20. The van der Waals surface area contributed by atoms with E-state index in [4.69, 9.17) is 4.74 Å². The minimum Gasteiger partial charge on any atom is -0.502 e. The van der Waals surface area contributed by atoms with Crippen molar-refractivity contribution in [2.45, 2.75) is 6.42 Å². The number of carbonyl (C=O) groups is 1. The number of methoxy groups -OCH3 is 1. The van der Waals surface area contributed by atoms with E-state index in [9.17, 15) is 9.59 Å². The molecule has 3 rings (SSSR count). The van der Waals surface area contributed by atoms with E-state index in [1.54, 1.807) is 13.3 Å². The highest BCUT2D eigenvalue weighted by Gasteiger charge is 2.16. The van der Waals surface area contributed by atoms with E-state index in [0.29, 0.717) is 40.7 Å². The van der Waals surface area contributed by atoms with Gasteiger partial charge in [-0.15, -0.1) is 0 Å². The third kappa shape index (κ3) is 2.70. The number of carbonyl (C=O) groups excluding carboxylic acids is 1. The summed E-state index contributed by atoms with van der Waals surface area (Å²) < 4.78 is 4.97. The van der Waals surface area contributed by atoms with Gasteiger partial charge in [-0.05, 0) is 6.07 Å². The minimum atomic E-state index is -0.245. The van der Waals surface area contributed by atoms with Crippen LogP contribution in [0.5, 0.6) is 0 Å². The van der Waals surface area contributed by atoms with Crippen molar-refractivity contribution in [1.29, 1.82) is 0 Å². The number of rotatable bonds is 5. The Morgan fingerprint density at radius 3 is 2.91 bits per heavy atom. The maximum atomic E-state index is 12.4. The molecule has 0 radical (unpaired) electrons. The quantitative estimate of drug-likeness (QED) is 0.632. The van der Waals surface area contributed by atoms with Gasteiger partial charge >= 0.3 is 0 Å². The molecule has 0 atom stereocenters. The molecule has 0 aliphatic rings. The highest BCUT2D eigenvalue weighted by atomic mass is 16.5. The smallest absolute Gasteiger partial charge is 0.272 e. The summed E-state index contributed by atoms with van der Waals surface area (Å²) >= 11 is 0. The molecular formula is C17H17N3O3. The van der Waals surface area contributed by atoms with Crippen LogP contribution in [-0.4, -0.2) is 29.5 Å². The van der Waals surface area contributed by atoms with Gasteiger partial charge in [-0.1, -0.05) is 24.8 Å². The number of nitrogens with one attached hydrogen (secondary N) is 3. The lowest BCUT2D eigenvalue weighted by atomic mass is 10.1. The Hall–Kier alpha value is -3.02. The fraction of sp³-hybridized carbons (Fsp3) is 0.176. The SMILES string of the molecule is C=C(CCNC(=O)c1c[nH]c2c(=O)[nH]c3ccccc3c12)OC. The first kappa shape index (κ1) is 14.9. The molecule has 2 heterocycles. The molecule has 6 nitrogen and oxygen atoms in total. The van der Waals surface area contributed by atoms with E-state index in [-0.39, 0.29) is 11.5 Å². The second kappa shape index (κ2) is 6.00. The molecule has 0 aliphatic heterocycles. The Morgan fingerprint density at radius 2 is 2.13 bits per heavy atom. The number of aromatic amines is 2. The van der Waals surface area contributed by atoms with Gasteiger partial charge in [-0.25, -0.2) is 0 Å². The van der Waals surface area contributed by atoms with Crippen molar-refractivity contribution in [2.75, 3.05) is 13.7 Å². The van der Waals surface area contributed by atoms with Crippen molar-refractivity contribution < 1.29 is 9.53 Å². The van der Waals surface area contributed by atoms with Gasteiger partial charge < -0.3 is 20.0 Å². The number of ether oxygens (including phenoxy) is 1. The largest absolute Gasteiger partial charge is 0.502 e. The van der Waals surface area contributed by atoms with E-state index in [1.165, 1.54) is 0 Å². The molecule has 23 heavy (non-hydrogen) atoms. The zero-order valence-electron chi connectivity index (χ0n) is 12.7. The predicted molar refractivity (Wildman–Crippen MR) is 89.5 cm³/mol. The van der Waals surface area contributed by atoms with Crippen LogP contribution in [0.15, 0.2) is 47.6 Å². The highest BCUT2D eigenvalue weighted by Crippen LogP contribution is 2.24. The molecule has 0 fully saturated rings. The van der Waals surface area contributed by atoms with Crippen molar-refractivity contribution in [3.05, 3.63) is 58.7 Å². The second-order valence-corrected chi connectivity index (χ2v) is 5.20. The molecule has 1 aromatic carbocycles. The van der Waals surface area contributed by atoms with Crippen molar-refractivity contribution in [2.24, 2.45) is 0 Å². The van der Waals surface area contributed by atoms with Crippen LogP contribution in [0.3, 0.4) is 0 Å². The van der Waals surface area contributed by atoms with Gasteiger partial charge in [0.2, 0.25) is 0 Å². The number of pyridine rings is 1. The molecule has 0 unspecified atom stereocenters. The van der Waals surface area contributed by atoms with Crippen LogP contribution in [0.25, 0.3) is 21.8 Å². The van der Waals surface area contributed by atoms with Crippen LogP contribution in [0.2, 0.25) is 0 Å². The lowest BCUT2D eigenvalue weighted by Crippen LogP contribution is -2.24. The zero-order chi connectivity index (χ0) is 16.4. The molecule has 2 aromatic heterocycles. The molecule has 3 aromatic rings. The maximum absolute atomic E-state index is 12.4. The van der Waals surface area contributed by atoms with E-state index in [1.807, 2.05) is 24.3 Å². The minimum absolute atomic E-state index is 0.240. The normalized spacial score (nSPS) is 10.8. The van der Waals surface area contributed by atoms with E-state index in [2.05, 4.69) is 21.9 Å². The fourth-order valence-electron chi connectivity index (χ4n) is 2.57. The van der Waals surface area contributed by atoms with Crippen LogP contribution in [-0.2, 0) is 4.74 Å².